The number of esters is 1. The van der Waals surface area contributed by atoms with Gasteiger partial charge in [0.15, 0.2) is 0 Å². The van der Waals surface area contributed by atoms with Gasteiger partial charge in [0.2, 0.25) is 5.91 Å². The van der Waals surface area contributed by atoms with Gasteiger partial charge in [-0.2, -0.15) is 0 Å². The second-order valence-electron chi connectivity index (χ2n) is 6.15. The summed E-state index contributed by atoms with van der Waals surface area (Å²) in [4.78, 5) is 35.0. The molecule has 2 N–H and O–H groups in total. The van der Waals surface area contributed by atoms with Gasteiger partial charge in [-0.1, -0.05) is 31.5 Å². The van der Waals surface area contributed by atoms with Crippen molar-refractivity contribution in [3.05, 3.63) is 59.7 Å². The Morgan fingerprint density at radius 2 is 1.78 bits per heavy atom. The maximum Gasteiger partial charge on any atom is 0.308 e. The molecule has 142 valence electrons. The molecule has 2 amide bonds. The average molecular weight is 368 g/mol. The van der Waals surface area contributed by atoms with E-state index in [4.69, 9.17) is 4.74 Å². The van der Waals surface area contributed by atoms with Crippen LogP contribution in [-0.2, 0) is 16.1 Å². The molecule has 0 aliphatic carbocycles. The normalized spacial score (nSPS) is 10.1. The summed E-state index contributed by atoms with van der Waals surface area (Å²) in [6.07, 6.45) is 2.37. The minimum Gasteiger partial charge on any atom is -0.427 e. The molecule has 0 heterocycles. The number of unbranched alkanes of at least 4 members (excludes halogenated alkanes) is 1. The van der Waals surface area contributed by atoms with Crippen LogP contribution in [0.15, 0.2) is 48.5 Å². The fourth-order valence-electron chi connectivity index (χ4n) is 2.42. The summed E-state index contributed by atoms with van der Waals surface area (Å²) in [5.74, 6) is -0.362. The van der Waals surface area contributed by atoms with Crippen LogP contribution in [0.5, 0.6) is 5.75 Å². The Labute approximate surface area is 158 Å². The predicted molar refractivity (Wildman–Crippen MR) is 104 cm³/mol. The van der Waals surface area contributed by atoms with Crippen LogP contribution in [0.1, 0.15) is 49.0 Å². The average Bonchev–Trinajstić information content (AvgIpc) is 2.65. The summed E-state index contributed by atoms with van der Waals surface area (Å²) in [5, 5.41) is 5.67. The summed E-state index contributed by atoms with van der Waals surface area (Å²) in [7, 11) is 0. The number of anilines is 1. The zero-order chi connectivity index (χ0) is 19.6. The van der Waals surface area contributed by atoms with Gasteiger partial charge >= 0.3 is 5.97 Å². The zero-order valence-electron chi connectivity index (χ0n) is 15.6. The third-order valence-electron chi connectivity index (χ3n) is 3.81. The van der Waals surface area contributed by atoms with Crippen molar-refractivity contribution in [2.24, 2.45) is 0 Å². The van der Waals surface area contributed by atoms with Crippen molar-refractivity contribution in [1.29, 1.82) is 0 Å². The maximum absolute atomic E-state index is 12.3. The molecule has 0 saturated carbocycles. The number of amides is 2. The van der Waals surface area contributed by atoms with Gasteiger partial charge in [-0.25, -0.2) is 0 Å². The molecule has 0 aliphatic rings. The van der Waals surface area contributed by atoms with Crippen LogP contribution in [0.25, 0.3) is 0 Å². The van der Waals surface area contributed by atoms with Gasteiger partial charge in [0.05, 0.1) is 0 Å². The Balaban J connectivity index is 1.88. The highest BCUT2D eigenvalue weighted by atomic mass is 16.5. The van der Waals surface area contributed by atoms with E-state index in [0.717, 1.165) is 24.1 Å². The van der Waals surface area contributed by atoms with E-state index in [-0.39, 0.29) is 11.8 Å². The molecule has 2 aromatic carbocycles. The number of rotatable bonds is 8. The van der Waals surface area contributed by atoms with Gasteiger partial charge in [0.1, 0.15) is 5.75 Å². The van der Waals surface area contributed by atoms with Gasteiger partial charge in [-0.15, -0.1) is 0 Å². The second-order valence-corrected chi connectivity index (χ2v) is 6.15. The van der Waals surface area contributed by atoms with E-state index in [9.17, 15) is 14.4 Å². The molecule has 6 heteroatoms. The Bertz CT molecular complexity index is 800. The van der Waals surface area contributed by atoms with E-state index in [1.807, 2.05) is 31.2 Å². The molecule has 0 unspecified atom stereocenters. The highest BCUT2D eigenvalue weighted by Gasteiger charge is 2.08. The molecule has 0 fully saturated rings. The molecule has 27 heavy (non-hydrogen) atoms. The maximum atomic E-state index is 12.3. The number of nitrogens with one attached hydrogen (secondary N) is 2. The quantitative estimate of drug-likeness (QED) is 0.550. The van der Waals surface area contributed by atoms with E-state index in [0.29, 0.717) is 24.3 Å². The van der Waals surface area contributed by atoms with Crippen molar-refractivity contribution < 1.29 is 19.1 Å². The van der Waals surface area contributed by atoms with E-state index in [1.54, 1.807) is 18.2 Å². The van der Waals surface area contributed by atoms with Crippen molar-refractivity contribution in [3.8, 4) is 5.75 Å². The molecule has 0 aliphatic heterocycles. The highest BCUT2D eigenvalue weighted by Crippen LogP contribution is 2.14. The van der Waals surface area contributed by atoms with E-state index >= 15 is 0 Å². The van der Waals surface area contributed by atoms with E-state index in [1.165, 1.54) is 13.0 Å². The van der Waals surface area contributed by atoms with Crippen LogP contribution < -0.4 is 15.4 Å². The van der Waals surface area contributed by atoms with Crippen LogP contribution in [0, 0.1) is 0 Å². The van der Waals surface area contributed by atoms with Gasteiger partial charge < -0.3 is 15.4 Å². The number of carbonyl (C=O) groups excluding carboxylic acids is 3. The Hall–Kier alpha value is -3.15. The van der Waals surface area contributed by atoms with Crippen molar-refractivity contribution >= 4 is 23.5 Å². The molecule has 2 rings (SSSR count). The van der Waals surface area contributed by atoms with Crippen LogP contribution in [0.2, 0.25) is 0 Å². The molecule has 6 nitrogen and oxygen atoms in total. The SMILES string of the molecule is CCCCC(=O)Nc1ccc(CNC(=O)c2cccc(OC(C)=O)c2)cc1. The van der Waals surface area contributed by atoms with Gasteiger partial charge in [0, 0.05) is 31.1 Å². The van der Waals surface area contributed by atoms with Gasteiger partial charge in [-0.3, -0.25) is 14.4 Å². The molecule has 2 aromatic rings. The minimum atomic E-state index is -0.436. The lowest BCUT2D eigenvalue weighted by Gasteiger charge is -2.09. The van der Waals surface area contributed by atoms with Crippen LogP contribution in [-0.4, -0.2) is 17.8 Å². The Morgan fingerprint density at radius 3 is 2.44 bits per heavy atom. The zero-order valence-corrected chi connectivity index (χ0v) is 15.6. The molecule has 0 aromatic heterocycles. The first kappa shape index (κ1) is 20.2. The molecule has 0 spiro atoms. The number of benzene rings is 2. The number of hydrogen-bond acceptors (Lipinski definition) is 4. The lowest BCUT2D eigenvalue weighted by atomic mass is 10.1. The fourth-order valence-corrected chi connectivity index (χ4v) is 2.42. The number of ether oxygens (including phenoxy) is 1. The first-order valence-corrected chi connectivity index (χ1v) is 8.93. The smallest absolute Gasteiger partial charge is 0.308 e. The second kappa shape index (κ2) is 10.1. The molecule has 0 atom stereocenters. The largest absolute Gasteiger partial charge is 0.427 e. The monoisotopic (exact) mass is 368 g/mol. The van der Waals surface area contributed by atoms with E-state index < -0.39 is 5.97 Å². The van der Waals surface area contributed by atoms with Crippen molar-refractivity contribution in [3.63, 3.8) is 0 Å². The molecular weight excluding hydrogens is 344 g/mol. The first-order chi connectivity index (χ1) is 13.0. The third kappa shape index (κ3) is 6.93. The number of hydrogen-bond donors (Lipinski definition) is 2. The van der Waals surface area contributed by atoms with Crippen LogP contribution >= 0.6 is 0 Å². The van der Waals surface area contributed by atoms with Crippen LogP contribution in [0.4, 0.5) is 5.69 Å². The lowest BCUT2D eigenvalue weighted by Crippen LogP contribution is -2.22. The Morgan fingerprint density at radius 1 is 1.04 bits per heavy atom. The van der Waals surface area contributed by atoms with E-state index in [2.05, 4.69) is 10.6 Å². The number of carbonyl (C=O) groups is 3. The standard InChI is InChI=1S/C21H24N2O4/c1-3-4-8-20(25)23-18-11-9-16(10-12-18)14-22-21(26)17-6-5-7-19(13-17)27-15(2)24/h5-7,9-13H,3-4,8,14H2,1-2H3,(H,22,26)(H,23,25). The summed E-state index contributed by atoms with van der Waals surface area (Å²) >= 11 is 0. The van der Waals surface area contributed by atoms with Crippen molar-refractivity contribution in [2.45, 2.75) is 39.7 Å². The van der Waals surface area contributed by atoms with Crippen molar-refractivity contribution in [2.75, 3.05) is 5.32 Å². The molecule has 0 saturated heterocycles. The molecular formula is C21H24N2O4. The highest BCUT2D eigenvalue weighted by molar-refractivity contribution is 5.94. The summed E-state index contributed by atoms with van der Waals surface area (Å²) < 4.78 is 4.98. The van der Waals surface area contributed by atoms with Crippen LogP contribution in [0.3, 0.4) is 0 Å². The molecule has 0 bridgehead atoms. The Kier molecular flexibility index (Phi) is 7.55. The van der Waals surface area contributed by atoms with Crippen molar-refractivity contribution in [1.82, 2.24) is 5.32 Å². The van der Waals surface area contributed by atoms with Gasteiger partial charge in [0.25, 0.3) is 5.91 Å². The first-order valence-electron chi connectivity index (χ1n) is 8.93. The third-order valence-corrected chi connectivity index (χ3v) is 3.81. The lowest BCUT2D eigenvalue weighted by molar-refractivity contribution is -0.131. The summed E-state index contributed by atoms with van der Waals surface area (Å²) in [6, 6.07) is 13.8. The topological polar surface area (TPSA) is 84.5 Å². The van der Waals surface area contributed by atoms with Gasteiger partial charge in [-0.05, 0) is 42.3 Å². The summed E-state index contributed by atoms with van der Waals surface area (Å²) in [5.41, 5.74) is 2.06. The molecule has 0 radical (unpaired) electrons. The minimum absolute atomic E-state index is 0.00515. The predicted octanol–water partition coefficient (Wildman–Crippen LogP) is 3.67. The fraction of sp³-hybridized carbons (Fsp3) is 0.286. The summed E-state index contributed by atoms with van der Waals surface area (Å²) in [6.45, 7) is 3.70.